The van der Waals surface area contributed by atoms with Crippen LogP contribution >= 0.6 is 35.3 Å². The molecule has 1 aromatic rings. The van der Waals surface area contributed by atoms with Crippen LogP contribution < -0.4 is 5.32 Å². The zero-order valence-electron chi connectivity index (χ0n) is 10.9. The van der Waals surface area contributed by atoms with Crippen LogP contribution in [0.25, 0.3) is 0 Å². The fourth-order valence-corrected chi connectivity index (χ4v) is 2.68. The Labute approximate surface area is 136 Å². The van der Waals surface area contributed by atoms with Crippen molar-refractivity contribution in [3.05, 3.63) is 16.1 Å². The van der Waals surface area contributed by atoms with E-state index in [1.165, 1.54) is 0 Å². The number of thiazole rings is 1. The normalized spacial score (nSPS) is 16.2. The lowest BCUT2D eigenvalue weighted by Crippen LogP contribution is -2.39. The van der Waals surface area contributed by atoms with E-state index in [-0.39, 0.29) is 30.5 Å². The summed E-state index contributed by atoms with van der Waals surface area (Å²) in [7, 11) is 1.67. The van der Waals surface area contributed by atoms with Crippen molar-refractivity contribution in [1.29, 1.82) is 0 Å². The van der Waals surface area contributed by atoms with Gasteiger partial charge in [0.05, 0.1) is 6.54 Å². The predicted molar refractivity (Wildman–Crippen MR) is 83.5 cm³/mol. The summed E-state index contributed by atoms with van der Waals surface area (Å²) in [4.78, 5) is 9.79. The number of hydrogen-bond donors (Lipinski definition) is 1. The molecular formula is C11H16F3IN4S. The molecule has 20 heavy (non-hydrogen) atoms. The van der Waals surface area contributed by atoms with Gasteiger partial charge in [-0.15, -0.1) is 35.3 Å². The van der Waals surface area contributed by atoms with Gasteiger partial charge in [-0.3, -0.25) is 4.99 Å². The number of aliphatic imine (C=N–C) groups is 1. The molecule has 1 saturated heterocycles. The highest BCUT2D eigenvalue weighted by atomic mass is 127. The molecule has 4 nitrogen and oxygen atoms in total. The minimum atomic E-state index is -4.37. The van der Waals surface area contributed by atoms with Gasteiger partial charge in [0.15, 0.2) is 11.7 Å². The Morgan fingerprint density at radius 2 is 2.10 bits per heavy atom. The largest absolute Gasteiger partial charge is 0.434 e. The van der Waals surface area contributed by atoms with Crippen LogP contribution in [0.4, 0.5) is 13.2 Å². The Kier molecular flexibility index (Phi) is 6.49. The molecule has 1 N–H and O–H groups in total. The smallest absolute Gasteiger partial charge is 0.350 e. The molecule has 0 bridgehead atoms. The molecule has 0 unspecified atom stereocenters. The van der Waals surface area contributed by atoms with Crippen LogP contribution in [-0.4, -0.2) is 36.0 Å². The van der Waals surface area contributed by atoms with Crippen molar-refractivity contribution >= 4 is 41.3 Å². The standard InChI is InChI=1S/C11H15F3N4S.HI/c1-15-10(18-4-2-3-5-18)16-6-9-17-8(7-19-9)11(12,13)14;/h7H,2-6H2,1H3,(H,15,16);1H. The molecule has 0 aromatic carbocycles. The molecular weight excluding hydrogens is 404 g/mol. The molecule has 1 aliphatic heterocycles. The number of aromatic nitrogens is 1. The van der Waals surface area contributed by atoms with Crippen molar-refractivity contribution in [2.24, 2.45) is 4.99 Å². The fraction of sp³-hybridized carbons (Fsp3) is 0.636. The Morgan fingerprint density at radius 3 is 2.60 bits per heavy atom. The van der Waals surface area contributed by atoms with Crippen LogP contribution in [0.3, 0.4) is 0 Å². The first-order chi connectivity index (χ1) is 9.00. The summed E-state index contributed by atoms with van der Waals surface area (Å²) in [5.74, 6) is 0.723. The summed E-state index contributed by atoms with van der Waals surface area (Å²) in [6.07, 6.45) is -2.13. The lowest BCUT2D eigenvalue weighted by Gasteiger charge is -2.20. The van der Waals surface area contributed by atoms with Crippen LogP contribution in [0.2, 0.25) is 0 Å². The highest BCUT2D eigenvalue weighted by molar-refractivity contribution is 14.0. The minimum Gasteiger partial charge on any atom is -0.350 e. The number of likely N-dealkylation sites (tertiary alicyclic amines) is 1. The van der Waals surface area contributed by atoms with Crippen molar-refractivity contribution in [3.8, 4) is 0 Å². The van der Waals surface area contributed by atoms with Crippen molar-refractivity contribution < 1.29 is 13.2 Å². The topological polar surface area (TPSA) is 40.5 Å². The van der Waals surface area contributed by atoms with Gasteiger partial charge in [0.1, 0.15) is 5.01 Å². The van der Waals surface area contributed by atoms with Crippen molar-refractivity contribution in [2.75, 3.05) is 20.1 Å². The molecule has 9 heteroatoms. The monoisotopic (exact) mass is 420 g/mol. The Balaban J connectivity index is 0.00000200. The minimum absolute atomic E-state index is 0. The number of nitrogens with zero attached hydrogens (tertiary/aromatic N) is 3. The third-order valence-corrected chi connectivity index (χ3v) is 3.71. The van der Waals surface area contributed by atoms with Crippen molar-refractivity contribution in [3.63, 3.8) is 0 Å². The first-order valence-electron chi connectivity index (χ1n) is 5.98. The number of alkyl halides is 3. The van der Waals surface area contributed by atoms with Crippen molar-refractivity contribution in [2.45, 2.75) is 25.6 Å². The Hall–Kier alpha value is -0.580. The maximum absolute atomic E-state index is 12.4. The highest BCUT2D eigenvalue weighted by Gasteiger charge is 2.33. The number of guanidine groups is 1. The molecule has 114 valence electrons. The first kappa shape index (κ1) is 17.5. The van der Waals surface area contributed by atoms with E-state index >= 15 is 0 Å². The fourth-order valence-electron chi connectivity index (χ4n) is 1.94. The third kappa shape index (κ3) is 4.47. The second kappa shape index (κ2) is 7.43. The molecule has 0 aliphatic carbocycles. The average Bonchev–Trinajstić information content (AvgIpc) is 2.99. The van der Waals surface area contributed by atoms with E-state index in [0.717, 1.165) is 48.6 Å². The van der Waals surface area contributed by atoms with Gasteiger partial charge in [0.25, 0.3) is 0 Å². The van der Waals surface area contributed by atoms with Gasteiger partial charge in [-0.1, -0.05) is 0 Å². The molecule has 0 radical (unpaired) electrons. The molecule has 0 spiro atoms. The van der Waals surface area contributed by atoms with Crippen LogP contribution in [0.1, 0.15) is 23.5 Å². The molecule has 2 rings (SSSR count). The summed E-state index contributed by atoms with van der Waals surface area (Å²) in [6, 6.07) is 0. The molecule has 2 heterocycles. The molecule has 1 aromatic heterocycles. The van der Waals surface area contributed by atoms with Gasteiger partial charge < -0.3 is 10.2 Å². The van der Waals surface area contributed by atoms with Gasteiger partial charge in [-0.05, 0) is 12.8 Å². The van der Waals surface area contributed by atoms with Gasteiger partial charge >= 0.3 is 6.18 Å². The Morgan fingerprint density at radius 1 is 1.45 bits per heavy atom. The Bertz CT molecular complexity index is 455. The summed E-state index contributed by atoms with van der Waals surface area (Å²) in [5, 5.41) is 4.50. The summed E-state index contributed by atoms with van der Waals surface area (Å²) in [5.41, 5.74) is -0.828. The second-order valence-corrected chi connectivity index (χ2v) is 5.16. The predicted octanol–water partition coefficient (Wildman–Crippen LogP) is 2.95. The molecule has 0 atom stereocenters. The number of nitrogens with one attached hydrogen (secondary N) is 1. The van der Waals surface area contributed by atoms with E-state index in [2.05, 4.69) is 20.2 Å². The number of halogens is 4. The van der Waals surface area contributed by atoms with E-state index in [4.69, 9.17) is 0 Å². The first-order valence-corrected chi connectivity index (χ1v) is 6.86. The maximum atomic E-state index is 12.4. The molecule has 0 saturated carbocycles. The van der Waals surface area contributed by atoms with Crippen LogP contribution in [0.15, 0.2) is 10.4 Å². The summed E-state index contributed by atoms with van der Waals surface area (Å²) in [6.45, 7) is 2.14. The molecule has 1 aliphatic rings. The number of rotatable bonds is 2. The second-order valence-electron chi connectivity index (χ2n) is 4.22. The van der Waals surface area contributed by atoms with Crippen LogP contribution in [0, 0.1) is 0 Å². The van der Waals surface area contributed by atoms with Gasteiger partial charge in [0.2, 0.25) is 0 Å². The summed E-state index contributed by atoms with van der Waals surface area (Å²) >= 11 is 1.00. The SMILES string of the molecule is CN=C(NCc1nc(C(F)(F)F)cs1)N1CCCC1.I. The van der Waals surface area contributed by atoms with E-state index in [1.54, 1.807) is 7.05 Å². The third-order valence-electron chi connectivity index (χ3n) is 2.86. The van der Waals surface area contributed by atoms with E-state index < -0.39 is 11.9 Å². The lowest BCUT2D eigenvalue weighted by molar-refractivity contribution is -0.140. The van der Waals surface area contributed by atoms with Crippen LogP contribution in [0.5, 0.6) is 0 Å². The van der Waals surface area contributed by atoms with Gasteiger partial charge in [-0.25, -0.2) is 4.98 Å². The molecule has 0 amide bonds. The van der Waals surface area contributed by atoms with E-state index in [9.17, 15) is 13.2 Å². The van der Waals surface area contributed by atoms with Gasteiger partial charge in [0, 0.05) is 25.5 Å². The molecule has 1 fully saturated rings. The van der Waals surface area contributed by atoms with Crippen LogP contribution in [-0.2, 0) is 12.7 Å². The van der Waals surface area contributed by atoms with E-state index in [1.807, 2.05) is 0 Å². The van der Waals surface area contributed by atoms with E-state index in [0.29, 0.717) is 5.01 Å². The number of hydrogen-bond acceptors (Lipinski definition) is 3. The van der Waals surface area contributed by atoms with Gasteiger partial charge in [-0.2, -0.15) is 13.2 Å². The lowest BCUT2D eigenvalue weighted by atomic mass is 10.4. The maximum Gasteiger partial charge on any atom is 0.434 e. The van der Waals surface area contributed by atoms with Crippen molar-refractivity contribution in [1.82, 2.24) is 15.2 Å². The zero-order valence-corrected chi connectivity index (χ0v) is 14.1. The zero-order chi connectivity index (χ0) is 13.9. The highest BCUT2D eigenvalue weighted by Crippen LogP contribution is 2.29. The quantitative estimate of drug-likeness (QED) is 0.455. The average molecular weight is 420 g/mol. The summed E-state index contributed by atoms with van der Waals surface area (Å²) < 4.78 is 37.2.